The number of ether oxygens (including phenoxy) is 2. The van der Waals surface area contributed by atoms with Crippen molar-refractivity contribution in [3.63, 3.8) is 0 Å². The Labute approximate surface area is 152 Å². The fourth-order valence-electron chi connectivity index (χ4n) is 2.63. The maximum Gasteiger partial charge on any atom is 0.305 e. The molecule has 0 saturated carbocycles. The summed E-state index contributed by atoms with van der Waals surface area (Å²) in [6.07, 6.45) is -0.241. The first-order valence-corrected chi connectivity index (χ1v) is 8.34. The van der Waals surface area contributed by atoms with Crippen molar-refractivity contribution in [2.45, 2.75) is 26.3 Å². The molecule has 0 aliphatic rings. The molecule has 138 valence electrons. The quantitative estimate of drug-likeness (QED) is 0.757. The molecule has 2 aromatic carbocycles. The van der Waals surface area contributed by atoms with Crippen molar-refractivity contribution in [1.82, 2.24) is 5.32 Å². The van der Waals surface area contributed by atoms with Crippen molar-refractivity contribution in [3.8, 4) is 11.5 Å². The molecule has 6 heteroatoms. The summed E-state index contributed by atoms with van der Waals surface area (Å²) >= 11 is 0. The first-order valence-electron chi connectivity index (χ1n) is 8.34. The normalized spacial score (nSPS) is 11.5. The lowest BCUT2D eigenvalue weighted by atomic mass is 10.0. The Hall–Kier alpha value is -3.02. The molecule has 1 amide bonds. The Morgan fingerprint density at radius 3 is 2.54 bits per heavy atom. The molecule has 6 nitrogen and oxygen atoms in total. The second-order valence-corrected chi connectivity index (χ2v) is 5.84. The molecule has 26 heavy (non-hydrogen) atoms. The minimum Gasteiger partial charge on any atom is -0.493 e. The van der Waals surface area contributed by atoms with Gasteiger partial charge in [0, 0.05) is 5.56 Å². The third-order valence-electron chi connectivity index (χ3n) is 3.85. The van der Waals surface area contributed by atoms with Gasteiger partial charge in [0.15, 0.2) is 11.5 Å². The number of aryl methyl sites for hydroxylation is 1. The summed E-state index contributed by atoms with van der Waals surface area (Å²) in [6.45, 7) is 4.24. The van der Waals surface area contributed by atoms with Crippen LogP contribution >= 0.6 is 0 Å². The van der Waals surface area contributed by atoms with E-state index in [1.807, 2.05) is 19.9 Å². The van der Waals surface area contributed by atoms with Gasteiger partial charge in [0.05, 0.1) is 26.2 Å². The van der Waals surface area contributed by atoms with Gasteiger partial charge in [-0.25, -0.2) is 0 Å². The van der Waals surface area contributed by atoms with Crippen molar-refractivity contribution in [3.05, 3.63) is 59.2 Å². The molecule has 0 bridgehead atoms. The molecular weight excluding hydrogens is 334 g/mol. The van der Waals surface area contributed by atoms with Gasteiger partial charge in [-0.3, -0.25) is 9.59 Å². The number of hydrogen-bond acceptors (Lipinski definition) is 4. The molecule has 0 heterocycles. The van der Waals surface area contributed by atoms with Crippen LogP contribution in [0.3, 0.4) is 0 Å². The smallest absolute Gasteiger partial charge is 0.305 e. The van der Waals surface area contributed by atoms with E-state index in [2.05, 4.69) is 5.32 Å². The number of carboxylic acid groups (broad SMARTS) is 1. The number of methoxy groups -OCH3 is 1. The SMILES string of the molecule is CCOc1ccc([C@@H](CC(=O)O)NC(=O)c2cccc(C)c2)cc1OC. The summed E-state index contributed by atoms with van der Waals surface area (Å²) in [5.41, 5.74) is 2.07. The minimum atomic E-state index is -1.01. The highest BCUT2D eigenvalue weighted by Crippen LogP contribution is 2.31. The number of rotatable bonds is 8. The predicted octanol–water partition coefficient (Wildman–Crippen LogP) is 3.35. The van der Waals surface area contributed by atoms with Crippen LogP contribution in [-0.2, 0) is 4.79 Å². The molecule has 0 aliphatic heterocycles. The number of carbonyl (C=O) groups excluding carboxylic acids is 1. The van der Waals surface area contributed by atoms with Gasteiger partial charge in [-0.2, -0.15) is 0 Å². The van der Waals surface area contributed by atoms with Crippen molar-refractivity contribution in [1.29, 1.82) is 0 Å². The van der Waals surface area contributed by atoms with Gasteiger partial charge >= 0.3 is 5.97 Å². The third-order valence-corrected chi connectivity index (χ3v) is 3.85. The van der Waals surface area contributed by atoms with E-state index in [1.165, 1.54) is 7.11 Å². The molecular formula is C20H23NO5. The van der Waals surface area contributed by atoms with Crippen LogP contribution in [0.1, 0.15) is 40.9 Å². The predicted molar refractivity (Wildman–Crippen MR) is 97.8 cm³/mol. The van der Waals surface area contributed by atoms with E-state index in [4.69, 9.17) is 9.47 Å². The van der Waals surface area contributed by atoms with Crippen LogP contribution in [0.15, 0.2) is 42.5 Å². The molecule has 1 atom stereocenters. The van der Waals surface area contributed by atoms with E-state index >= 15 is 0 Å². The van der Waals surface area contributed by atoms with Crippen molar-refractivity contribution in [2.75, 3.05) is 13.7 Å². The number of carbonyl (C=O) groups is 2. The number of aliphatic carboxylic acids is 1. The van der Waals surface area contributed by atoms with E-state index in [-0.39, 0.29) is 12.3 Å². The van der Waals surface area contributed by atoms with E-state index in [0.29, 0.717) is 29.2 Å². The van der Waals surface area contributed by atoms with E-state index in [0.717, 1.165) is 5.56 Å². The van der Waals surface area contributed by atoms with E-state index in [9.17, 15) is 14.7 Å². The highest BCUT2D eigenvalue weighted by Gasteiger charge is 2.20. The van der Waals surface area contributed by atoms with Gasteiger partial charge in [-0.15, -0.1) is 0 Å². The van der Waals surface area contributed by atoms with Gasteiger partial charge in [0.2, 0.25) is 0 Å². The molecule has 2 aromatic rings. The summed E-state index contributed by atoms with van der Waals surface area (Å²) in [5, 5.41) is 12.0. The largest absolute Gasteiger partial charge is 0.493 e. The minimum absolute atomic E-state index is 0.241. The summed E-state index contributed by atoms with van der Waals surface area (Å²) in [7, 11) is 1.51. The van der Waals surface area contributed by atoms with Crippen LogP contribution in [0.5, 0.6) is 11.5 Å². The average Bonchev–Trinajstić information content (AvgIpc) is 2.61. The van der Waals surface area contributed by atoms with E-state index < -0.39 is 12.0 Å². The molecule has 2 N–H and O–H groups in total. The molecule has 0 unspecified atom stereocenters. The van der Waals surface area contributed by atoms with Crippen molar-refractivity contribution < 1.29 is 24.2 Å². The number of amides is 1. The van der Waals surface area contributed by atoms with Crippen LogP contribution in [0.2, 0.25) is 0 Å². The zero-order valence-electron chi connectivity index (χ0n) is 15.1. The summed E-state index contributed by atoms with van der Waals surface area (Å²) in [6, 6.07) is 11.6. The van der Waals surface area contributed by atoms with Gasteiger partial charge in [0.25, 0.3) is 5.91 Å². The maximum atomic E-state index is 12.5. The second kappa shape index (κ2) is 8.89. The molecule has 0 fully saturated rings. The highest BCUT2D eigenvalue weighted by molar-refractivity contribution is 5.94. The maximum absolute atomic E-state index is 12.5. The zero-order chi connectivity index (χ0) is 19.1. The lowest BCUT2D eigenvalue weighted by molar-refractivity contribution is -0.137. The van der Waals surface area contributed by atoms with Crippen molar-refractivity contribution >= 4 is 11.9 Å². The van der Waals surface area contributed by atoms with Crippen LogP contribution in [0.25, 0.3) is 0 Å². The van der Waals surface area contributed by atoms with Crippen LogP contribution in [0.4, 0.5) is 0 Å². The lowest BCUT2D eigenvalue weighted by Gasteiger charge is -2.19. The fourth-order valence-corrected chi connectivity index (χ4v) is 2.63. The molecule has 0 radical (unpaired) electrons. The van der Waals surface area contributed by atoms with E-state index in [1.54, 1.807) is 36.4 Å². The topological polar surface area (TPSA) is 84.9 Å². The Bertz CT molecular complexity index is 788. The number of nitrogens with one attached hydrogen (secondary N) is 1. The standard InChI is InChI=1S/C20H23NO5/c1-4-26-17-9-8-14(11-18(17)25-3)16(12-19(22)23)21-20(24)15-7-5-6-13(2)10-15/h5-11,16H,4,12H2,1-3H3,(H,21,24)(H,22,23)/t16-/m1/s1. The molecule has 0 spiro atoms. The first kappa shape index (κ1) is 19.3. The number of benzene rings is 2. The summed E-state index contributed by atoms with van der Waals surface area (Å²) < 4.78 is 10.8. The van der Waals surface area contributed by atoms with Crippen LogP contribution in [-0.4, -0.2) is 30.7 Å². The Morgan fingerprint density at radius 2 is 1.92 bits per heavy atom. The van der Waals surface area contributed by atoms with Gasteiger partial charge in [0.1, 0.15) is 0 Å². The highest BCUT2D eigenvalue weighted by atomic mass is 16.5. The Balaban J connectivity index is 2.29. The Morgan fingerprint density at radius 1 is 1.15 bits per heavy atom. The van der Waals surface area contributed by atoms with Gasteiger partial charge in [-0.05, 0) is 43.7 Å². The van der Waals surface area contributed by atoms with Crippen LogP contribution < -0.4 is 14.8 Å². The molecule has 0 saturated heterocycles. The fraction of sp³-hybridized carbons (Fsp3) is 0.300. The second-order valence-electron chi connectivity index (χ2n) is 5.84. The molecule has 2 rings (SSSR count). The molecule has 0 aromatic heterocycles. The monoisotopic (exact) mass is 357 g/mol. The number of carboxylic acids is 1. The van der Waals surface area contributed by atoms with Crippen molar-refractivity contribution in [2.24, 2.45) is 0 Å². The summed E-state index contributed by atoms with van der Waals surface area (Å²) in [4.78, 5) is 23.8. The van der Waals surface area contributed by atoms with Gasteiger partial charge in [-0.1, -0.05) is 23.8 Å². The van der Waals surface area contributed by atoms with Gasteiger partial charge < -0.3 is 19.9 Å². The van der Waals surface area contributed by atoms with Crippen LogP contribution in [0, 0.1) is 6.92 Å². The lowest BCUT2D eigenvalue weighted by Crippen LogP contribution is -2.30. The zero-order valence-corrected chi connectivity index (χ0v) is 15.1. The number of hydrogen-bond donors (Lipinski definition) is 2. The molecule has 0 aliphatic carbocycles. The third kappa shape index (κ3) is 4.99. The average molecular weight is 357 g/mol. The summed E-state index contributed by atoms with van der Waals surface area (Å²) in [5.74, 6) is -0.275. The first-order chi connectivity index (χ1) is 12.4. The Kier molecular flexibility index (Phi) is 6.60.